The highest BCUT2D eigenvalue weighted by molar-refractivity contribution is 7.90. The Hall–Kier alpha value is -1.89. The van der Waals surface area contributed by atoms with Crippen LogP contribution in [-0.4, -0.2) is 37.8 Å². The lowest BCUT2D eigenvalue weighted by Gasteiger charge is -2.21. The zero-order valence-corrected chi connectivity index (χ0v) is 14.7. The fourth-order valence-electron chi connectivity index (χ4n) is 4.59. The number of carbonyl (C=O) groups excluding carboxylic acids is 2. The lowest BCUT2D eigenvalue weighted by molar-refractivity contribution is -0.145. The van der Waals surface area contributed by atoms with Crippen LogP contribution in [0, 0.1) is 17.8 Å². The summed E-state index contributed by atoms with van der Waals surface area (Å²) in [6, 6.07) is 6.13. The maximum absolute atomic E-state index is 12.4. The van der Waals surface area contributed by atoms with Gasteiger partial charge < -0.3 is 4.74 Å². The molecule has 7 heteroatoms. The Bertz CT molecular complexity index is 819. The normalized spacial score (nSPS) is 29.0. The van der Waals surface area contributed by atoms with E-state index >= 15 is 0 Å². The van der Waals surface area contributed by atoms with Crippen molar-refractivity contribution >= 4 is 21.9 Å². The van der Waals surface area contributed by atoms with Crippen LogP contribution in [0.3, 0.4) is 0 Å². The van der Waals surface area contributed by atoms with Gasteiger partial charge in [0, 0.05) is 6.42 Å². The van der Waals surface area contributed by atoms with E-state index in [1.54, 1.807) is 12.1 Å². The number of hydrogen-bond donors (Lipinski definition) is 0. The number of nitrogens with zero attached hydrogens (tertiary/aromatic N) is 1. The molecule has 4 rings (SSSR count). The van der Waals surface area contributed by atoms with Gasteiger partial charge in [-0.15, -0.1) is 0 Å². The van der Waals surface area contributed by atoms with Crippen molar-refractivity contribution in [1.82, 2.24) is 4.31 Å². The van der Waals surface area contributed by atoms with E-state index in [9.17, 15) is 18.0 Å². The number of benzene rings is 1. The first-order chi connectivity index (χ1) is 12.0. The molecule has 3 aliphatic rings. The molecule has 2 aliphatic carbocycles. The van der Waals surface area contributed by atoms with Crippen molar-refractivity contribution < 1.29 is 22.7 Å². The van der Waals surface area contributed by atoms with Crippen LogP contribution in [-0.2, 0) is 19.6 Å². The number of rotatable bonds is 5. The van der Waals surface area contributed by atoms with Gasteiger partial charge in [-0.1, -0.05) is 18.6 Å². The molecule has 134 valence electrons. The molecule has 1 heterocycles. The molecule has 0 aromatic heterocycles. The number of esters is 1. The van der Waals surface area contributed by atoms with Crippen molar-refractivity contribution in [3.63, 3.8) is 0 Å². The third-order valence-corrected chi connectivity index (χ3v) is 7.62. The molecule has 3 atom stereocenters. The molecule has 1 aliphatic heterocycles. The molecule has 2 saturated carbocycles. The molecule has 1 aromatic rings. The van der Waals surface area contributed by atoms with Crippen LogP contribution in [0.15, 0.2) is 29.2 Å². The SMILES string of the molecule is O=C(C[C@@H]1C[C@@H]2CC[C@@H]1C2)OCCN1C(=O)c2ccccc2S1(=O)=O. The molecule has 6 nitrogen and oxygen atoms in total. The topological polar surface area (TPSA) is 80.8 Å². The van der Waals surface area contributed by atoms with Crippen molar-refractivity contribution in [2.75, 3.05) is 13.2 Å². The molecule has 1 aromatic carbocycles. The van der Waals surface area contributed by atoms with E-state index in [0.29, 0.717) is 18.3 Å². The Morgan fingerprint density at radius 1 is 1.20 bits per heavy atom. The Balaban J connectivity index is 1.32. The summed E-state index contributed by atoms with van der Waals surface area (Å²) < 4.78 is 30.8. The Kier molecular flexibility index (Phi) is 4.06. The van der Waals surface area contributed by atoms with E-state index in [4.69, 9.17) is 4.74 Å². The third-order valence-electron chi connectivity index (χ3n) is 5.78. The van der Waals surface area contributed by atoms with E-state index in [0.717, 1.165) is 16.6 Å². The van der Waals surface area contributed by atoms with Gasteiger partial charge in [0.15, 0.2) is 0 Å². The lowest BCUT2D eigenvalue weighted by Crippen LogP contribution is -2.33. The number of amides is 1. The quantitative estimate of drug-likeness (QED) is 0.749. The van der Waals surface area contributed by atoms with Gasteiger partial charge in [0.05, 0.1) is 12.1 Å². The molecule has 25 heavy (non-hydrogen) atoms. The average Bonchev–Trinajstić information content (AvgIpc) is 3.24. The van der Waals surface area contributed by atoms with E-state index in [2.05, 4.69) is 0 Å². The maximum atomic E-state index is 12.4. The summed E-state index contributed by atoms with van der Waals surface area (Å²) in [5, 5.41) is 0. The van der Waals surface area contributed by atoms with Gasteiger partial charge in [-0.2, -0.15) is 0 Å². The molecular formula is C18H21NO5S. The summed E-state index contributed by atoms with van der Waals surface area (Å²) in [5.74, 6) is 0.979. The predicted octanol–water partition coefficient (Wildman–Crippen LogP) is 2.20. The summed E-state index contributed by atoms with van der Waals surface area (Å²) in [6.07, 6.45) is 5.24. The Labute approximate surface area is 147 Å². The zero-order chi connectivity index (χ0) is 17.6. The van der Waals surface area contributed by atoms with Crippen LogP contribution in [0.4, 0.5) is 0 Å². The largest absolute Gasteiger partial charge is 0.464 e. The molecule has 0 saturated heterocycles. The number of carbonyl (C=O) groups is 2. The molecule has 0 unspecified atom stereocenters. The smallest absolute Gasteiger partial charge is 0.306 e. The number of fused-ring (bicyclic) bond motifs is 3. The number of hydrogen-bond acceptors (Lipinski definition) is 5. The lowest BCUT2D eigenvalue weighted by atomic mass is 9.86. The van der Waals surface area contributed by atoms with Crippen LogP contribution in [0.25, 0.3) is 0 Å². The molecule has 0 radical (unpaired) electrons. The predicted molar refractivity (Wildman–Crippen MR) is 89.2 cm³/mol. The van der Waals surface area contributed by atoms with Gasteiger partial charge in [0.25, 0.3) is 15.9 Å². The van der Waals surface area contributed by atoms with Gasteiger partial charge in [-0.05, 0) is 49.1 Å². The van der Waals surface area contributed by atoms with Gasteiger partial charge in [-0.25, -0.2) is 12.7 Å². The highest BCUT2D eigenvalue weighted by Crippen LogP contribution is 2.49. The fraction of sp³-hybridized carbons (Fsp3) is 0.556. The van der Waals surface area contributed by atoms with Crippen molar-refractivity contribution in [3.05, 3.63) is 29.8 Å². The minimum absolute atomic E-state index is 0.0216. The van der Waals surface area contributed by atoms with Gasteiger partial charge >= 0.3 is 5.97 Å². The monoisotopic (exact) mass is 363 g/mol. The third kappa shape index (κ3) is 2.84. The highest BCUT2D eigenvalue weighted by atomic mass is 32.2. The standard InChI is InChI=1S/C18H21NO5S/c20-17(11-14-10-12-5-6-13(14)9-12)24-8-7-19-18(21)15-3-1-2-4-16(15)25(19,22)23/h1-4,12-14H,5-11H2/t12-,13-,14+/m1/s1. The second kappa shape index (κ2) is 6.12. The van der Waals surface area contributed by atoms with Gasteiger partial charge in [0.2, 0.25) is 0 Å². The van der Waals surface area contributed by atoms with Crippen molar-refractivity contribution in [1.29, 1.82) is 0 Å². The summed E-state index contributed by atoms with van der Waals surface area (Å²) >= 11 is 0. The van der Waals surface area contributed by atoms with E-state index in [1.807, 2.05) is 0 Å². The van der Waals surface area contributed by atoms with Crippen LogP contribution in [0.1, 0.15) is 42.5 Å². The minimum Gasteiger partial charge on any atom is -0.464 e. The van der Waals surface area contributed by atoms with E-state index in [-0.39, 0.29) is 29.6 Å². The summed E-state index contributed by atoms with van der Waals surface area (Å²) in [4.78, 5) is 24.3. The Morgan fingerprint density at radius 2 is 2.00 bits per heavy atom. The van der Waals surface area contributed by atoms with Crippen LogP contribution < -0.4 is 0 Å². The first-order valence-corrected chi connectivity index (χ1v) is 10.2. The van der Waals surface area contributed by atoms with E-state index in [1.165, 1.54) is 31.4 Å². The van der Waals surface area contributed by atoms with Crippen molar-refractivity contribution in [3.8, 4) is 0 Å². The van der Waals surface area contributed by atoms with Crippen LogP contribution >= 0.6 is 0 Å². The molecule has 0 N–H and O–H groups in total. The van der Waals surface area contributed by atoms with E-state index < -0.39 is 15.9 Å². The maximum Gasteiger partial charge on any atom is 0.306 e. The molecule has 2 fully saturated rings. The second-order valence-electron chi connectivity index (χ2n) is 7.24. The van der Waals surface area contributed by atoms with Gasteiger partial charge in [0.1, 0.15) is 11.5 Å². The van der Waals surface area contributed by atoms with Crippen molar-refractivity contribution in [2.24, 2.45) is 17.8 Å². The number of ether oxygens (including phenoxy) is 1. The summed E-state index contributed by atoms with van der Waals surface area (Å²) in [6.45, 7) is -0.239. The van der Waals surface area contributed by atoms with Crippen molar-refractivity contribution in [2.45, 2.75) is 37.0 Å². The summed E-state index contributed by atoms with van der Waals surface area (Å²) in [7, 11) is -3.83. The highest BCUT2D eigenvalue weighted by Gasteiger charge is 2.42. The van der Waals surface area contributed by atoms with Crippen LogP contribution in [0.5, 0.6) is 0 Å². The molecular weight excluding hydrogens is 342 g/mol. The molecule has 0 spiro atoms. The first-order valence-electron chi connectivity index (χ1n) is 8.78. The van der Waals surface area contributed by atoms with Crippen LogP contribution in [0.2, 0.25) is 0 Å². The summed E-state index contributed by atoms with van der Waals surface area (Å²) in [5.41, 5.74) is 0.177. The first kappa shape index (κ1) is 16.6. The second-order valence-corrected chi connectivity index (χ2v) is 9.07. The molecule has 1 amide bonds. The zero-order valence-electron chi connectivity index (χ0n) is 13.9. The Morgan fingerprint density at radius 3 is 2.68 bits per heavy atom. The minimum atomic E-state index is -3.83. The number of sulfonamides is 1. The van der Waals surface area contributed by atoms with Gasteiger partial charge in [-0.3, -0.25) is 9.59 Å². The fourth-order valence-corrected chi connectivity index (χ4v) is 6.15. The molecule has 2 bridgehead atoms. The average molecular weight is 363 g/mol.